The average Bonchev–Trinajstić information content (AvgIpc) is 2.94. The predicted octanol–water partition coefficient (Wildman–Crippen LogP) is 1.29. The zero-order valence-electron chi connectivity index (χ0n) is 16.7. The van der Waals surface area contributed by atoms with Gasteiger partial charge in [-0.05, 0) is 30.3 Å². The highest BCUT2D eigenvalue weighted by Gasteiger charge is 2.54. The Kier molecular flexibility index (Phi) is 5.02. The SMILES string of the molecule is O=C1N(C[NH+]2CCN(c3ccc(F)cc3)CC2)c2ccccc2C12OCC=CCO2. The van der Waals surface area contributed by atoms with Gasteiger partial charge in [-0.2, -0.15) is 0 Å². The molecule has 6 nitrogen and oxygen atoms in total. The van der Waals surface area contributed by atoms with Gasteiger partial charge in [-0.15, -0.1) is 0 Å². The molecule has 0 unspecified atom stereocenters. The fraction of sp³-hybridized carbons (Fsp3) is 0.348. The second-order valence-electron chi connectivity index (χ2n) is 7.83. The van der Waals surface area contributed by atoms with Crippen molar-refractivity contribution in [1.29, 1.82) is 0 Å². The Hall–Kier alpha value is -2.74. The summed E-state index contributed by atoms with van der Waals surface area (Å²) in [4.78, 5) is 18.9. The molecule has 0 radical (unpaired) electrons. The minimum Gasteiger partial charge on any atom is -0.360 e. The number of anilines is 2. The monoisotopic (exact) mass is 410 g/mol. The van der Waals surface area contributed by atoms with Crippen molar-refractivity contribution in [2.45, 2.75) is 5.79 Å². The molecule has 2 aromatic carbocycles. The molecule has 0 aromatic heterocycles. The van der Waals surface area contributed by atoms with Crippen LogP contribution >= 0.6 is 0 Å². The molecule has 1 amide bonds. The van der Waals surface area contributed by atoms with Crippen LogP contribution in [0.5, 0.6) is 0 Å². The molecule has 2 aromatic rings. The summed E-state index contributed by atoms with van der Waals surface area (Å²) >= 11 is 0. The van der Waals surface area contributed by atoms with Gasteiger partial charge in [0, 0.05) is 11.3 Å². The Morgan fingerprint density at radius 3 is 2.33 bits per heavy atom. The lowest BCUT2D eigenvalue weighted by Gasteiger charge is -2.35. The van der Waals surface area contributed by atoms with Crippen molar-refractivity contribution in [3.05, 3.63) is 72.1 Å². The number of rotatable bonds is 3. The van der Waals surface area contributed by atoms with Crippen LogP contribution in [0.3, 0.4) is 0 Å². The minimum absolute atomic E-state index is 0.152. The van der Waals surface area contributed by atoms with E-state index in [0.717, 1.165) is 43.1 Å². The number of nitrogens with one attached hydrogen (secondary N) is 1. The number of para-hydroxylation sites is 1. The summed E-state index contributed by atoms with van der Waals surface area (Å²) in [5, 5.41) is 0. The summed E-state index contributed by atoms with van der Waals surface area (Å²) in [6.45, 7) is 4.74. The number of hydrogen-bond acceptors (Lipinski definition) is 4. The number of hydrogen-bond donors (Lipinski definition) is 1. The lowest BCUT2D eigenvalue weighted by atomic mass is 10.1. The number of benzene rings is 2. The van der Waals surface area contributed by atoms with Crippen LogP contribution in [-0.4, -0.2) is 52.0 Å². The van der Waals surface area contributed by atoms with E-state index in [1.165, 1.54) is 17.0 Å². The molecule has 3 heterocycles. The molecule has 1 N–H and O–H groups in total. The maximum atomic E-state index is 13.5. The quantitative estimate of drug-likeness (QED) is 0.775. The lowest BCUT2D eigenvalue weighted by molar-refractivity contribution is -0.899. The molecule has 5 rings (SSSR count). The van der Waals surface area contributed by atoms with Gasteiger partial charge in [-0.1, -0.05) is 30.4 Å². The second-order valence-corrected chi connectivity index (χ2v) is 7.83. The molecular formula is C23H25FN3O3+. The smallest absolute Gasteiger partial charge is 0.296 e. The first-order chi connectivity index (χ1) is 14.7. The van der Waals surface area contributed by atoms with Crippen molar-refractivity contribution >= 4 is 17.3 Å². The molecule has 1 fully saturated rings. The number of carbonyl (C=O) groups is 1. The number of nitrogens with zero attached hydrogens (tertiary/aromatic N) is 2. The van der Waals surface area contributed by atoms with Gasteiger partial charge in [0.2, 0.25) is 0 Å². The standard InChI is InChI=1S/C23H24FN3O3/c24-18-7-9-19(10-8-18)26-13-11-25(12-14-26)17-27-21-6-2-1-5-20(21)23(22(27)28)29-15-3-4-16-30-23/h1-10H,11-17H2/p+1. The van der Waals surface area contributed by atoms with Crippen LogP contribution in [0, 0.1) is 5.82 Å². The van der Waals surface area contributed by atoms with Crippen LogP contribution < -0.4 is 14.7 Å². The largest absolute Gasteiger partial charge is 0.360 e. The maximum absolute atomic E-state index is 13.5. The van der Waals surface area contributed by atoms with Gasteiger partial charge in [0.1, 0.15) is 5.82 Å². The van der Waals surface area contributed by atoms with E-state index in [-0.39, 0.29) is 11.7 Å². The molecule has 0 saturated carbocycles. The van der Waals surface area contributed by atoms with Gasteiger partial charge >= 0.3 is 0 Å². The Morgan fingerprint density at radius 2 is 1.63 bits per heavy atom. The fourth-order valence-corrected chi connectivity index (χ4v) is 4.45. The molecule has 156 valence electrons. The Labute approximate surface area is 175 Å². The predicted molar refractivity (Wildman–Crippen MR) is 111 cm³/mol. The topological polar surface area (TPSA) is 46.5 Å². The van der Waals surface area contributed by atoms with Crippen LogP contribution in [0.4, 0.5) is 15.8 Å². The van der Waals surface area contributed by atoms with Gasteiger partial charge in [0.15, 0.2) is 6.67 Å². The summed E-state index contributed by atoms with van der Waals surface area (Å²) in [7, 11) is 0. The first-order valence-electron chi connectivity index (χ1n) is 10.4. The van der Waals surface area contributed by atoms with E-state index in [1.54, 1.807) is 0 Å². The highest BCUT2D eigenvalue weighted by atomic mass is 19.1. The summed E-state index contributed by atoms with van der Waals surface area (Å²) in [5.74, 6) is -1.72. The van der Waals surface area contributed by atoms with Crippen LogP contribution in [0.1, 0.15) is 5.56 Å². The van der Waals surface area contributed by atoms with Gasteiger partial charge in [0.25, 0.3) is 11.7 Å². The summed E-state index contributed by atoms with van der Waals surface area (Å²) < 4.78 is 25.1. The average molecular weight is 410 g/mol. The van der Waals surface area contributed by atoms with E-state index in [9.17, 15) is 9.18 Å². The zero-order valence-corrected chi connectivity index (χ0v) is 16.7. The van der Waals surface area contributed by atoms with Crippen molar-refractivity contribution in [2.24, 2.45) is 0 Å². The third-order valence-electron chi connectivity index (χ3n) is 6.05. The molecule has 7 heteroatoms. The Balaban J connectivity index is 1.31. The fourth-order valence-electron chi connectivity index (χ4n) is 4.45. The van der Waals surface area contributed by atoms with Crippen molar-refractivity contribution < 1.29 is 23.6 Å². The van der Waals surface area contributed by atoms with Crippen LogP contribution in [0.15, 0.2) is 60.7 Å². The van der Waals surface area contributed by atoms with Gasteiger partial charge < -0.3 is 19.3 Å². The lowest BCUT2D eigenvalue weighted by Crippen LogP contribution is -3.16. The van der Waals surface area contributed by atoms with Crippen LogP contribution in [0.25, 0.3) is 0 Å². The van der Waals surface area contributed by atoms with Crippen molar-refractivity contribution in [2.75, 3.05) is 55.9 Å². The number of piperazine rings is 1. The summed E-state index contributed by atoms with van der Waals surface area (Å²) in [6.07, 6.45) is 3.76. The molecule has 0 bridgehead atoms. The summed E-state index contributed by atoms with van der Waals surface area (Å²) in [5.41, 5.74) is 2.67. The van der Waals surface area contributed by atoms with Crippen LogP contribution in [0.2, 0.25) is 0 Å². The second kappa shape index (κ2) is 7.83. The molecular weight excluding hydrogens is 385 g/mol. The Morgan fingerprint density at radius 1 is 0.967 bits per heavy atom. The normalized spacial score (nSPS) is 21.2. The zero-order chi connectivity index (χ0) is 20.6. The molecule has 1 spiro atoms. The van der Waals surface area contributed by atoms with E-state index in [0.29, 0.717) is 19.9 Å². The number of carbonyl (C=O) groups excluding carboxylic acids is 1. The van der Waals surface area contributed by atoms with Crippen LogP contribution in [-0.2, 0) is 20.1 Å². The van der Waals surface area contributed by atoms with Crippen molar-refractivity contribution in [3.8, 4) is 0 Å². The molecule has 0 atom stereocenters. The third-order valence-corrected chi connectivity index (χ3v) is 6.05. The third kappa shape index (κ3) is 3.29. The number of ether oxygens (including phenoxy) is 2. The van der Waals surface area contributed by atoms with Gasteiger partial charge in [0.05, 0.1) is 45.1 Å². The maximum Gasteiger partial charge on any atom is 0.296 e. The number of quaternary nitrogens is 1. The van der Waals surface area contributed by atoms with E-state index < -0.39 is 5.79 Å². The number of halogens is 1. The molecule has 3 aliphatic heterocycles. The van der Waals surface area contributed by atoms with Gasteiger partial charge in [-0.25, -0.2) is 4.39 Å². The number of fused-ring (bicyclic) bond motifs is 2. The molecule has 1 saturated heterocycles. The summed E-state index contributed by atoms with van der Waals surface area (Å²) in [6, 6.07) is 14.4. The van der Waals surface area contributed by atoms with E-state index in [2.05, 4.69) is 4.90 Å². The van der Waals surface area contributed by atoms with Crippen molar-refractivity contribution in [1.82, 2.24) is 0 Å². The minimum atomic E-state index is -1.35. The molecule has 0 aliphatic carbocycles. The highest BCUT2D eigenvalue weighted by molar-refractivity contribution is 6.05. The van der Waals surface area contributed by atoms with Gasteiger partial charge in [-0.3, -0.25) is 9.69 Å². The van der Waals surface area contributed by atoms with E-state index >= 15 is 0 Å². The van der Waals surface area contributed by atoms with E-state index in [1.807, 2.05) is 53.5 Å². The van der Waals surface area contributed by atoms with E-state index in [4.69, 9.17) is 9.47 Å². The molecule has 3 aliphatic rings. The number of amides is 1. The molecule has 30 heavy (non-hydrogen) atoms. The highest BCUT2D eigenvalue weighted by Crippen LogP contribution is 2.43. The Bertz CT molecular complexity index is 944. The van der Waals surface area contributed by atoms with Crippen molar-refractivity contribution in [3.63, 3.8) is 0 Å². The first-order valence-corrected chi connectivity index (χ1v) is 10.4. The first kappa shape index (κ1) is 19.2.